The third-order valence-electron chi connectivity index (χ3n) is 7.08. The normalized spacial score (nSPS) is 18.0. The van der Waals surface area contributed by atoms with Crippen molar-refractivity contribution >= 4 is 63.0 Å². The molecule has 1 N–H and O–H groups in total. The SMILES string of the molecule is CCCC[C@H](CC)CN1C(=O)/C(=C2/C(=O)N(CC(=O)Nc3ccc(C)c(C)c3)c3ccccc32)SC1=S. The zero-order valence-electron chi connectivity index (χ0n) is 21.8. The molecule has 0 radical (unpaired) electrons. The average Bonchev–Trinajstić information content (AvgIpc) is 3.30. The van der Waals surface area contributed by atoms with E-state index in [9.17, 15) is 14.4 Å². The summed E-state index contributed by atoms with van der Waals surface area (Å²) in [5, 5.41) is 2.89. The Hall–Kier alpha value is -2.97. The molecule has 0 saturated carbocycles. The van der Waals surface area contributed by atoms with Crippen LogP contribution in [0, 0.1) is 19.8 Å². The van der Waals surface area contributed by atoms with Crippen molar-refractivity contribution in [2.45, 2.75) is 53.4 Å². The van der Waals surface area contributed by atoms with E-state index in [1.54, 1.807) is 4.90 Å². The highest BCUT2D eigenvalue weighted by Gasteiger charge is 2.42. The van der Waals surface area contributed by atoms with Crippen LogP contribution >= 0.6 is 24.0 Å². The fraction of sp³-hybridized carbons (Fsp3) is 0.379. The van der Waals surface area contributed by atoms with E-state index < -0.39 is 0 Å². The van der Waals surface area contributed by atoms with Crippen LogP contribution in [0.3, 0.4) is 0 Å². The zero-order valence-corrected chi connectivity index (χ0v) is 23.4. The lowest BCUT2D eigenvalue weighted by molar-refractivity contribution is -0.123. The third kappa shape index (κ3) is 5.65. The molecule has 2 heterocycles. The van der Waals surface area contributed by atoms with Gasteiger partial charge in [-0.05, 0) is 55.5 Å². The van der Waals surface area contributed by atoms with Gasteiger partial charge < -0.3 is 5.32 Å². The molecule has 0 spiro atoms. The largest absolute Gasteiger partial charge is 0.325 e. The number of aryl methyl sites for hydroxylation is 2. The molecule has 2 aromatic rings. The number of hydrogen-bond donors (Lipinski definition) is 1. The van der Waals surface area contributed by atoms with Crippen LogP contribution in [0.25, 0.3) is 5.57 Å². The maximum Gasteiger partial charge on any atom is 0.267 e. The number of thioether (sulfide) groups is 1. The van der Waals surface area contributed by atoms with E-state index in [-0.39, 0.29) is 24.3 Å². The second-order valence-corrected chi connectivity index (χ2v) is 11.3. The molecule has 2 aromatic carbocycles. The summed E-state index contributed by atoms with van der Waals surface area (Å²) in [5.74, 6) is -0.509. The first-order valence-electron chi connectivity index (χ1n) is 12.8. The standard InChI is InChI=1S/C29H33N3O3S2/c1-5-7-10-20(6-2)16-32-28(35)26(37-29(32)36)25-22-11-8-9-12-23(22)31(27(25)34)17-24(33)30-21-14-13-18(3)19(4)15-21/h8-9,11-15,20H,5-7,10,16-17H2,1-4H3,(H,30,33)/b26-25-/t20-/m0/s1. The van der Waals surface area contributed by atoms with Crippen molar-refractivity contribution in [1.82, 2.24) is 4.90 Å². The summed E-state index contributed by atoms with van der Waals surface area (Å²) in [4.78, 5) is 43.6. The van der Waals surface area contributed by atoms with Crippen molar-refractivity contribution in [2.75, 3.05) is 23.3 Å². The molecule has 3 amide bonds. The Morgan fingerprint density at radius 3 is 2.49 bits per heavy atom. The van der Waals surface area contributed by atoms with E-state index in [1.165, 1.54) is 16.7 Å². The van der Waals surface area contributed by atoms with Crippen LogP contribution in [-0.4, -0.2) is 40.0 Å². The molecule has 2 aliphatic heterocycles. The molecule has 2 aliphatic rings. The van der Waals surface area contributed by atoms with E-state index in [0.717, 1.165) is 36.8 Å². The molecular weight excluding hydrogens is 502 g/mol. The monoisotopic (exact) mass is 535 g/mol. The molecule has 8 heteroatoms. The highest BCUT2D eigenvalue weighted by atomic mass is 32.2. The quantitative estimate of drug-likeness (QED) is 0.311. The molecule has 1 fully saturated rings. The van der Waals surface area contributed by atoms with Crippen LogP contribution in [0.4, 0.5) is 11.4 Å². The Kier molecular flexibility index (Phi) is 8.49. The van der Waals surface area contributed by atoms with Crippen molar-refractivity contribution in [1.29, 1.82) is 0 Å². The Balaban J connectivity index is 1.58. The molecule has 1 saturated heterocycles. The van der Waals surface area contributed by atoms with Crippen LogP contribution in [0.15, 0.2) is 47.4 Å². The zero-order chi connectivity index (χ0) is 26.7. The molecule has 0 bridgehead atoms. The van der Waals surface area contributed by atoms with Crippen LogP contribution in [0.1, 0.15) is 56.2 Å². The Morgan fingerprint density at radius 2 is 1.78 bits per heavy atom. The number of benzene rings is 2. The lowest BCUT2D eigenvalue weighted by Crippen LogP contribution is -2.36. The van der Waals surface area contributed by atoms with Gasteiger partial charge >= 0.3 is 0 Å². The summed E-state index contributed by atoms with van der Waals surface area (Å²) < 4.78 is 0.485. The smallest absolute Gasteiger partial charge is 0.267 e. The molecule has 4 rings (SSSR count). The van der Waals surface area contributed by atoms with E-state index in [4.69, 9.17) is 12.2 Å². The van der Waals surface area contributed by atoms with Gasteiger partial charge in [-0.1, -0.05) is 81.4 Å². The third-order valence-corrected chi connectivity index (χ3v) is 8.52. The molecule has 0 aromatic heterocycles. The van der Waals surface area contributed by atoms with Gasteiger partial charge in [0.2, 0.25) is 5.91 Å². The predicted molar refractivity (Wildman–Crippen MR) is 155 cm³/mol. The van der Waals surface area contributed by atoms with Gasteiger partial charge in [0.1, 0.15) is 10.9 Å². The number of anilines is 2. The van der Waals surface area contributed by atoms with Gasteiger partial charge in [0.25, 0.3) is 11.8 Å². The van der Waals surface area contributed by atoms with Gasteiger partial charge in [0, 0.05) is 17.8 Å². The lowest BCUT2D eigenvalue weighted by atomic mass is 9.98. The van der Waals surface area contributed by atoms with Crippen LogP contribution < -0.4 is 10.2 Å². The highest BCUT2D eigenvalue weighted by molar-refractivity contribution is 8.26. The fourth-order valence-electron chi connectivity index (χ4n) is 4.70. The lowest BCUT2D eigenvalue weighted by Gasteiger charge is -2.21. The van der Waals surface area contributed by atoms with Crippen LogP contribution in [0.5, 0.6) is 0 Å². The summed E-state index contributed by atoms with van der Waals surface area (Å²) in [6, 6.07) is 13.0. The van der Waals surface area contributed by atoms with Gasteiger partial charge in [0.15, 0.2) is 0 Å². The Morgan fingerprint density at radius 1 is 1.03 bits per heavy atom. The van der Waals surface area contributed by atoms with Gasteiger partial charge in [-0.2, -0.15) is 0 Å². The van der Waals surface area contributed by atoms with Crippen molar-refractivity contribution in [3.8, 4) is 0 Å². The number of fused-ring (bicyclic) bond motifs is 1. The minimum absolute atomic E-state index is 0.151. The summed E-state index contributed by atoms with van der Waals surface area (Å²) in [6.07, 6.45) is 4.23. The highest BCUT2D eigenvalue weighted by Crippen LogP contribution is 2.44. The summed E-state index contributed by atoms with van der Waals surface area (Å²) in [5.41, 5.74) is 4.50. The number of carbonyl (C=O) groups excluding carboxylic acids is 3. The first kappa shape index (κ1) is 27.1. The molecule has 0 unspecified atom stereocenters. The van der Waals surface area contributed by atoms with Crippen molar-refractivity contribution < 1.29 is 14.4 Å². The van der Waals surface area contributed by atoms with E-state index in [2.05, 4.69) is 19.2 Å². The van der Waals surface area contributed by atoms with Crippen LogP contribution in [0.2, 0.25) is 0 Å². The number of rotatable bonds is 9. The van der Waals surface area contributed by atoms with Gasteiger partial charge in [-0.25, -0.2) is 0 Å². The first-order chi connectivity index (χ1) is 17.7. The number of nitrogens with zero attached hydrogens (tertiary/aromatic N) is 2. The number of carbonyl (C=O) groups is 3. The number of thiocarbonyl (C=S) groups is 1. The molecular formula is C29H33N3O3S2. The minimum atomic E-state index is -0.352. The first-order valence-corrected chi connectivity index (χ1v) is 14.0. The van der Waals surface area contributed by atoms with Gasteiger partial charge in [-0.3, -0.25) is 24.2 Å². The number of amides is 3. The average molecular weight is 536 g/mol. The number of nitrogens with one attached hydrogen (secondary N) is 1. The number of hydrogen-bond acceptors (Lipinski definition) is 5. The summed E-state index contributed by atoms with van der Waals surface area (Å²) in [7, 11) is 0. The fourth-order valence-corrected chi connectivity index (χ4v) is 6.05. The van der Waals surface area contributed by atoms with Crippen molar-refractivity contribution in [2.24, 2.45) is 5.92 Å². The number of unbranched alkanes of at least 4 members (excludes halogenated alkanes) is 1. The Bertz CT molecular complexity index is 1290. The van der Waals surface area contributed by atoms with E-state index >= 15 is 0 Å². The Labute approximate surface area is 228 Å². The molecule has 1 atom stereocenters. The maximum absolute atomic E-state index is 13.7. The maximum atomic E-state index is 13.7. The van der Waals surface area contributed by atoms with Crippen molar-refractivity contribution in [3.63, 3.8) is 0 Å². The molecule has 37 heavy (non-hydrogen) atoms. The molecule has 194 valence electrons. The van der Waals surface area contributed by atoms with Crippen LogP contribution in [-0.2, 0) is 14.4 Å². The van der Waals surface area contributed by atoms with Gasteiger partial charge in [0.05, 0.1) is 16.2 Å². The molecule has 0 aliphatic carbocycles. The number of para-hydroxylation sites is 1. The molecule has 6 nitrogen and oxygen atoms in total. The topological polar surface area (TPSA) is 69.7 Å². The van der Waals surface area contributed by atoms with Gasteiger partial charge in [-0.15, -0.1) is 0 Å². The summed E-state index contributed by atoms with van der Waals surface area (Å²) >= 11 is 6.77. The second kappa shape index (κ2) is 11.6. The van der Waals surface area contributed by atoms with Crippen molar-refractivity contribution in [3.05, 3.63) is 64.1 Å². The minimum Gasteiger partial charge on any atom is -0.325 e. The van der Waals surface area contributed by atoms with E-state index in [0.29, 0.717) is 44.2 Å². The second-order valence-electron chi connectivity index (χ2n) is 9.66. The summed E-state index contributed by atoms with van der Waals surface area (Å²) in [6.45, 7) is 8.71. The van der Waals surface area contributed by atoms with E-state index in [1.807, 2.05) is 56.3 Å². The predicted octanol–water partition coefficient (Wildman–Crippen LogP) is 6.08.